The molecule has 1 aromatic heterocycles. The first kappa shape index (κ1) is 14.4. The van der Waals surface area contributed by atoms with Gasteiger partial charge < -0.3 is 15.8 Å². The molecule has 22 heavy (non-hydrogen) atoms. The zero-order valence-electron chi connectivity index (χ0n) is 12.5. The minimum Gasteiger partial charge on any atom is -0.489 e. The smallest absolute Gasteiger partial charge is 0.124 e. The fourth-order valence-electron chi connectivity index (χ4n) is 2.41. The SMILES string of the molecule is CNCc1ccccc1OCc1ccc2ccc(N)nc2c1. The van der Waals surface area contributed by atoms with E-state index in [1.54, 1.807) is 0 Å². The number of fused-ring (bicyclic) bond motifs is 1. The molecule has 3 rings (SSSR count). The molecule has 0 aliphatic rings. The number of para-hydroxylation sites is 1. The Morgan fingerprint density at radius 1 is 1.09 bits per heavy atom. The van der Waals surface area contributed by atoms with Crippen LogP contribution < -0.4 is 15.8 Å². The lowest BCUT2D eigenvalue weighted by atomic mass is 10.1. The van der Waals surface area contributed by atoms with Crippen LogP contribution in [0.3, 0.4) is 0 Å². The van der Waals surface area contributed by atoms with Crippen LogP contribution in [0.15, 0.2) is 54.6 Å². The molecule has 0 unspecified atom stereocenters. The van der Waals surface area contributed by atoms with Gasteiger partial charge in [-0.1, -0.05) is 30.3 Å². The van der Waals surface area contributed by atoms with Crippen LogP contribution in [0.2, 0.25) is 0 Å². The minimum atomic E-state index is 0.507. The van der Waals surface area contributed by atoms with E-state index in [9.17, 15) is 0 Å². The second-order valence-corrected chi connectivity index (χ2v) is 5.19. The van der Waals surface area contributed by atoms with Crippen molar-refractivity contribution in [3.05, 3.63) is 65.7 Å². The summed E-state index contributed by atoms with van der Waals surface area (Å²) in [7, 11) is 1.93. The Morgan fingerprint density at radius 3 is 2.77 bits per heavy atom. The normalized spacial score (nSPS) is 10.8. The highest BCUT2D eigenvalue weighted by atomic mass is 16.5. The van der Waals surface area contributed by atoms with Crippen LogP contribution in [0.25, 0.3) is 10.9 Å². The zero-order valence-corrected chi connectivity index (χ0v) is 12.5. The number of nitrogens with two attached hydrogens (primary N) is 1. The molecule has 112 valence electrons. The number of benzene rings is 2. The molecule has 0 bridgehead atoms. The van der Waals surface area contributed by atoms with Gasteiger partial charge in [0, 0.05) is 17.5 Å². The van der Waals surface area contributed by atoms with Gasteiger partial charge in [-0.15, -0.1) is 0 Å². The highest BCUT2D eigenvalue weighted by molar-refractivity contribution is 5.80. The van der Waals surface area contributed by atoms with Crippen LogP contribution in [0.4, 0.5) is 5.82 Å². The van der Waals surface area contributed by atoms with Crippen molar-refractivity contribution in [3.63, 3.8) is 0 Å². The molecule has 4 nitrogen and oxygen atoms in total. The average Bonchev–Trinajstić information content (AvgIpc) is 2.54. The molecule has 0 saturated heterocycles. The molecule has 0 saturated carbocycles. The lowest BCUT2D eigenvalue weighted by Gasteiger charge is -2.11. The lowest BCUT2D eigenvalue weighted by molar-refractivity contribution is 0.302. The number of nitrogens with one attached hydrogen (secondary N) is 1. The number of rotatable bonds is 5. The number of ether oxygens (including phenoxy) is 1. The summed E-state index contributed by atoms with van der Waals surface area (Å²) in [5.41, 5.74) is 8.86. The number of hydrogen-bond donors (Lipinski definition) is 2. The Hall–Kier alpha value is -2.59. The van der Waals surface area contributed by atoms with Crippen molar-refractivity contribution in [1.82, 2.24) is 10.3 Å². The number of aromatic nitrogens is 1. The van der Waals surface area contributed by atoms with Gasteiger partial charge >= 0.3 is 0 Å². The summed E-state index contributed by atoms with van der Waals surface area (Å²) in [6.07, 6.45) is 0. The maximum atomic E-state index is 5.96. The average molecular weight is 293 g/mol. The van der Waals surface area contributed by atoms with E-state index in [4.69, 9.17) is 10.5 Å². The standard InChI is InChI=1S/C18H19N3O/c1-20-11-15-4-2-3-5-17(15)22-12-13-6-7-14-8-9-18(19)21-16(14)10-13/h2-10,20H,11-12H2,1H3,(H2,19,21). The van der Waals surface area contributed by atoms with Gasteiger partial charge in [-0.2, -0.15) is 0 Å². The van der Waals surface area contributed by atoms with Crippen molar-refractivity contribution >= 4 is 16.7 Å². The van der Waals surface area contributed by atoms with Gasteiger partial charge in [-0.3, -0.25) is 0 Å². The van der Waals surface area contributed by atoms with E-state index in [2.05, 4.69) is 22.4 Å². The van der Waals surface area contributed by atoms with Crippen molar-refractivity contribution in [3.8, 4) is 5.75 Å². The first-order valence-corrected chi connectivity index (χ1v) is 7.27. The van der Waals surface area contributed by atoms with Crippen molar-refractivity contribution in [2.45, 2.75) is 13.2 Å². The van der Waals surface area contributed by atoms with Gasteiger partial charge in [-0.25, -0.2) is 4.98 Å². The maximum Gasteiger partial charge on any atom is 0.124 e. The number of pyridine rings is 1. The minimum absolute atomic E-state index is 0.507. The molecule has 0 aliphatic carbocycles. The summed E-state index contributed by atoms with van der Waals surface area (Å²) in [4.78, 5) is 4.35. The molecule has 2 aromatic carbocycles. The highest BCUT2D eigenvalue weighted by Crippen LogP contribution is 2.21. The van der Waals surface area contributed by atoms with E-state index in [0.29, 0.717) is 12.4 Å². The van der Waals surface area contributed by atoms with Crippen LogP contribution in [-0.4, -0.2) is 12.0 Å². The summed E-state index contributed by atoms with van der Waals surface area (Å²) in [6, 6.07) is 18.0. The topological polar surface area (TPSA) is 60.2 Å². The first-order chi connectivity index (χ1) is 10.8. The summed E-state index contributed by atoms with van der Waals surface area (Å²) < 4.78 is 5.96. The number of hydrogen-bond acceptors (Lipinski definition) is 4. The van der Waals surface area contributed by atoms with Crippen LogP contribution in [-0.2, 0) is 13.2 Å². The molecular weight excluding hydrogens is 274 g/mol. The van der Waals surface area contributed by atoms with Crippen molar-refractivity contribution < 1.29 is 4.74 Å². The van der Waals surface area contributed by atoms with Gasteiger partial charge in [0.05, 0.1) is 5.52 Å². The number of anilines is 1. The third-order valence-corrected chi connectivity index (χ3v) is 3.51. The molecule has 3 aromatic rings. The molecule has 3 N–H and O–H groups in total. The molecule has 4 heteroatoms. The van der Waals surface area contributed by atoms with E-state index in [1.165, 1.54) is 0 Å². The molecule has 0 radical (unpaired) electrons. The summed E-state index contributed by atoms with van der Waals surface area (Å²) >= 11 is 0. The van der Waals surface area contributed by atoms with Crippen LogP contribution in [0.5, 0.6) is 5.75 Å². The van der Waals surface area contributed by atoms with E-state index in [-0.39, 0.29) is 0 Å². The van der Waals surface area contributed by atoms with Crippen LogP contribution >= 0.6 is 0 Å². The lowest BCUT2D eigenvalue weighted by Crippen LogP contribution is -2.07. The van der Waals surface area contributed by atoms with Gasteiger partial charge in [0.15, 0.2) is 0 Å². The van der Waals surface area contributed by atoms with E-state index in [0.717, 1.165) is 34.3 Å². The van der Waals surface area contributed by atoms with Gasteiger partial charge in [0.1, 0.15) is 18.2 Å². The van der Waals surface area contributed by atoms with E-state index in [1.807, 2.05) is 49.5 Å². The Kier molecular flexibility index (Phi) is 4.21. The van der Waals surface area contributed by atoms with Crippen molar-refractivity contribution in [2.75, 3.05) is 12.8 Å². The largest absolute Gasteiger partial charge is 0.489 e. The Labute approximate surface area is 129 Å². The van der Waals surface area contributed by atoms with Gasteiger partial charge in [0.2, 0.25) is 0 Å². The zero-order chi connectivity index (χ0) is 15.4. The maximum absolute atomic E-state index is 5.96. The predicted molar refractivity (Wildman–Crippen MR) is 89.7 cm³/mol. The number of nitrogens with zero attached hydrogens (tertiary/aromatic N) is 1. The Bertz CT molecular complexity index is 786. The quantitative estimate of drug-likeness (QED) is 0.759. The molecule has 0 amide bonds. The second-order valence-electron chi connectivity index (χ2n) is 5.19. The Balaban J connectivity index is 1.79. The highest BCUT2D eigenvalue weighted by Gasteiger charge is 2.04. The molecule has 0 atom stereocenters. The van der Waals surface area contributed by atoms with Gasteiger partial charge in [0.25, 0.3) is 0 Å². The Morgan fingerprint density at radius 2 is 1.91 bits per heavy atom. The molecule has 0 aliphatic heterocycles. The fourth-order valence-corrected chi connectivity index (χ4v) is 2.41. The summed E-state index contributed by atoms with van der Waals surface area (Å²) in [6.45, 7) is 1.29. The third-order valence-electron chi connectivity index (χ3n) is 3.51. The molecule has 0 fully saturated rings. The van der Waals surface area contributed by atoms with E-state index < -0.39 is 0 Å². The predicted octanol–water partition coefficient (Wildman–Crippen LogP) is 3.12. The monoisotopic (exact) mass is 293 g/mol. The molecular formula is C18H19N3O. The van der Waals surface area contributed by atoms with E-state index >= 15 is 0 Å². The van der Waals surface area contributed by atoms with Crippen molar-refractivity contribution in [1.29, 1.82) is 0 Å². The third kappa shape index (κ3) is 3.18. The van der Waals surface area contributed by atoms with Crippen LogP contribution in [0.1, 0.15) is 11.1 Å². The molecule has 1 heterocycles. The van der Waals surface area contributed by atoms with Crippen LogP contribution in [0, 0.1) is 0 Å². The summed E-state index contributed by atoms with van der Waals surface area (Å²) in [5.74, 6) is 1.43. The first-order valence-electron chi connectivity index (χ1n) is 7.27. The fraction of sp³-hybridized carbons (Fsp3) is 0.167. The second kappa shape index (κ2) is 6.45. The van der Waals surface area contributed by atoms with Crippen molar-refractivity contribution in [2.24, 2.45) is 0 Å². The molecule has 0 spiro atoms. The number of nitrogen functional groups attached to an aromatic ring is 1. The van der Waals surface area contributed by atoms with Gasteiger partial charge in [-0.05, 0) is 36.9 Å². The summed E-state index contributed by atoms with van der Waals surface area (Å²) in [5, 5.41) is 4.23.